The van der Waals surface area contributed by atoms with Crippen LogP contribution in [-0.4, -0.2) is 37.9 Å². The highest BCUT2D eigenvalue weighted by molar-refractivity contribution is 7.91. The lowest BCUT2D eigenvalue weighted by molar-refractivity contribution is -0.121. The van der Waals surface area contributed by atoms with E-state index in [1.807, 2.05) is 32.0 Å². The normalized spacial score (nSPS) is 23.4. The minimum absolute atomic E-state index is 0.0908. The predicted octanol–water partition coefficient (Wildman–Crippen LogP) is 2.18. The summed E-state index contributed by atoms with van der Waals surface area (Å²) in [7, 11) is -2.98. The highest BCUT2D eigenvalue weighted by Crippen LogP contribution is 2.23. The second kappa shape index (κ2) is 6.77. The number of rotatable bonds is 5. The Hall–Kier alpha value is -1.92. The Balaban J connectivity index is 1.58. The summed E-state index contributed by atoms with van der Waals surface area (Å²) in [5, 5.41) is 8.39. The van der Waals surface area contributed by atoms with Crippen molar-refractivity contribution in [2.75, 3.05) is 18.1 Å². The average Bonchev–Trinajstić information content (AvgIpc) is 2.86. The van der Waals surface area contributed by atoms with Crippen LogP contribution in [0, 0.1) is 0 Å². The highest BCUT2D eigenvalue weighted by Gasteiger charge is 2.38. The molecule has 5 nitrogen and oxygen atoms in total. The van der Waals surface area contributed by atoms with Crippen molar-refractivity contribution in [1.29, 1.82) is 0 Å². The fourth-order valence-electron chi connectivity index (χ4n) is 3.30. The summed E-state index contributed by atoms with van der Waals surface area (Å²) >= 11 is 0. The number of benzene rings is 2. The van der Waals surface area contributed by atoms with Gasteiger partial charge < -0.3 is 10.6 Å². The zero-order valence-corrected chi connectivity index (χ0v) is 15.4. The van der Waals surface area contributed by atoms with Crippen LogP contribution in [0.4, 0.5) is 0 Å². The fraction of sp³-hybridized carbons (Fsp3) is 0.421. The maximum atomic E-state index is 12.2. The minimum Gasteiger partial charge on any atom is -0.348 e. The van der Waals surface area contributed by atoms with Gasteiger partial charge in [0, 0.05) is 5.54 Å². The molecule has 2 aromatic rings. The van der Waals surface area contributed by atoms with Gasteiger partial charge in [-0.25, -0.2) is 8.42 Å². The van der Waals surface area contributed by atoms with Crippen LogP contribution in [0.2, 0.25) is 0 Å². The molecule has 2 atom stereocenters. The molecule has 1 heterocycles. The third kappa shape index (κ3) is 4.38. The van der Waals surface area contributed by atoms with E-state index in [1.54, 1.807) is 0 Å². The molecule has 2 unspecified atom stereocenters. The van der Waals surface area contributed by atoms with Gasteiger partial charge in [0.2, 0.25) is 5.91 Å². The number of hydrogen-bond donors (Lipinski definition) is 2. The molecule has 1 amide bonds. The standard InChI is InChI=1S/C19H24N2O3S/c1-14(16-8-7-15-5-3-4-6-17(15)11-16)21-18(22)12-20-19(2)9-10-25(23,24)13-19/h3-8,11,14,20H,9-10,12-13H2,1-2H3,(H,21,22). The van der Waals surface area contributed by atoms with Crippen LogP contribution >= 0.6 is 0 Å². The molecular weight excluding hydrogens is 336 g/mol. The number of fused-ring (bicyclic) bond motifs is 1. The molecule has 25 heavy (non-hydrogen) atoms. The van der Waals surface area contributed by atoms with E-state index in [4.69, 9.17) is 0 Å². The van der Waals surface area contributed by atoms with Gasteiger partial charge in [-0.3, -0.25) is 4.79 Å². The van der Waals surface area contributed by atoms with E-state index in [2.05, 4.69) is 34.9 Å². The van der Waals surface area contributed by atoms with Crippen molar-refractivity contribution in [3.8, 4) is 0 Å². The van der Waals surface area contributed by atoms with Crippen LogP contribution in [0.1, 0.15) is 31.9 Å². The van der Waals surface area contributed by atoms with Gasteiger partial charge in [0.05, 0.1) is 24.1 Å². The van der Waals surface area contributed by atoms with Crippen LogP contribution < -0.4 is 10.6 Å². The number of hydrogen-bond acceptors (Lipinski definition) is 4. The second-order valence-electron chi connectivity index (χ2n) is 7.15. The van der Waals surface area contributed by atoms with E-state index in [0.29, 0.717) is 6.42 Å². The maximum Gasteiger partial charge on any atom is 0.234 e. The molecule has 1 aliphatic heterocycles. The van der Waals surface area contributed by atoms with E-state index < -0.39 is 15.4 Å². The Bertz CT molecular complexity index is 894. The van der Waals surface area contributed by atoms with E-state index in [-0.39, 0.29) is 30.0 Å². The second-order valence-corrected chi connectivity index (χ2v) is 9.34. The third-order valence-corrected chi connectivity index (χ3v) is 6.73. The highest BCUT2D eigenvalue weighted by atomic mass is 32.2. The van der Waals surface area contributed by atoms with Gasteiger partial charge in [-0.05, 0) is 42.7 Å². The smallest absolute Gasteiger partial charge is 0.234 e. The maximum absolute atomic E-state index is 12.2. The summed E-state index contributed by atoms with van der Waals surface area (Å²) in [5.41, 5.74) is 0.532. The van der Waals surface area contributed by atoms with Crippen molar-refractivity contribution >= 4 is 26.5 Å². The summed E-state index contributed by atoms with van der Waals surface area (Å²) < 4.78 is 23.2. The molecule has 3 rings (SSSR count). The van der Waals surface area contributed by atoms with Gasteiger partial charge in [0.1, 0.15) is 0 Å². The molecular formula is C19H24N2O3S. The Labute approximate surface area is 148 Å². The lowest BCUT2D eigenvalue weighted by Crippen LogP contribution is -2.48. The lowest BCUT2D eigenvalue weighted by atomic mass is 10.0. The zero-order valence-electron chi connectivity index (χ0n) is 14.6. The molecule has 0 aliphatic carbocycles. The molecule has 1 saturated heterocycles. The van der Waals surface area contributed by atoms with Gasteiger partial charge in [-0.2, -0.15) is 0 Å². The molecule has 0 bridgehead atoms. The number of sulfone groups is 1. The van der Waals surface area contributed by atoms with E-state index >= 15 is 0 Å². The van der Waals surface area contributed by atoms with Crippen LogP contribution in [-0.2, 0) is 14.6 Å². The van der Waals surface area contributed by atoms with Crippen molar-refractivity contribution in [2.45, 2.75) is 31.8 Å². The van der Waals surface area contributed by atoms with E-state index in [9.17, 15) is 13.2 Å². The molecule has 1 fully saturated rings. The summed E-state index contributed by atoms with van der Waals surface area (Å²) in [6.07, 6.45) is 0.544. The molecule has 1 aliphatic rings. The van der Waals surface area contributed by atoms with Crippen LogP contribution in [0.3, 0.4) is 0 Å². The Morgan fingerprint density at radius 3 is 2.60 bits per heavy atom. The van der Waals surface area contributed by atoms with Gasteiger partial charge in [-0.1, -0.05) is 36.4 Å². The largest absolute Gasteiger partial charge is 0.348 e. The number of carbonyl (C=O) groups is 1. The first kappa shape index (κ1) is 17.9. The SMILES string of the molecule is CC(NC(=O)CNC1(C)CCS(=O)(=O)C1)c1ccc2ccccc2c1. The average molecular weight is 360 g/mol. The molecule has 0 aromatic heterocycles. The number of nitrogens with one attached hydrogen (secondary N) is 2. The molecule has 0 saturated carbocycles. The van der Waals surface area contributed by atoms with Gasteiger partial charge in [0.25, 0.3) is 0 Å². The van der Waals surface area contributed by atoms with Gasteiger partial charge >= 0.3 is 0 Å². The van der Waals surface area contributed by atoms with Gasteiger partial charge in [-0.15, -0.1) is 0 Å². The Kier molecular flexibility index (Phi) is 4.84. The monoisotopic (exact) mass is 360 g/mol. The summed E-state index contributed by atoms with van der Waals surface area (Å²) in [5.74, 6) is 0.144. The van der Waals surface area contributed by atoms with Crippen molar-refractivity contribution in [1.82, 2.24) is 10.6 Å². The van der Waals surface area contributed by atoms with Gasteiger partial charge in [0.15, 0.2) is 9.84 Å². The molecule has 6 heteroatoms. The zero-order chi connectivity index (χ0) is 18.1. The number of carbonyl (C=O) groups excluding carboxylic acids is 1. The first-order valence-electron chi connectivity index (χ1n) is 8.50. The van der Waals surface area contributed by atoms with Crippen LogP contribution in [0.15, 0.2) is 42.5 Å². The van der Waals surface area contributed by atoms with E-state index in [0.717, 1.165) is 10.9 Å². The fourth-order valence-corrected chi connectivity index (χ4v) is 5.42. The predicted molar refractivity (Wildman–Crippen MR) is 100 cm³/mol. The summed E-state index contributed by atoms with van der Waals surface area (Å²) in [6, 6.07) is 14.1. The van der Waals surface area contributed by atoms with Crippen molar-refractivity contribution in [3.05, 3.63) is 48.0 Å². The van der Waals surface area contributed by atoms with Crippen LogP contribution in [0.5, 0.6) is 0 Å². The Morgan fingerprint density at radius 1 is 1.20 bits per heavy atom. The molecule has 134 valence electrons. The molecule has 0 radical (unpaired) electrons. The first-order valence-corrected chi connectivity index (χ1v) is 10.3. The third-order valence-electron chi connectivity index (χ3n) is 4.83. The first-order chi connectivity index (χ1) is 11.8. The van der Waals surface area contributed by atoms with Crippen molar-refractivity contribution in [2.24, 2.45) is 0 Å². The summed E-state index contributed by atoms with van der Waals surface area (Å²) in [6.45, 7) is 3.92. The Morgan fingerprint density at radius 2 is 1.92 bits per heavy atom. The summed E-state index contributed by atoms with van der Waals surface area (Å²) in [4.78, 5) is 12.2. The van der Waals surface area contributed by atoms with Crippen LogP contribution in [0.25, 0.3) is 10.8 Å². The van der Waals surface area contributed by atoms with E-state index in [1.165, 1.54) is 5.39 Å². The molecule has 2 N–H and O–H groups in total. The van der Waals surface area contributed by atoms with Crippen molar-refractivity contribution < 1.29 is 13.2 Å². The van der Waals surface area contributed by atoms with Crippen molar-refractivity contribution in [3.63, 3.8) is 0 Å². The minimum atomic E-state index is -2.98. The topological polar surface area (TPSA) is 75.3 Å². The number of amides is 1. The quantitative estimate of drug-likeness (QED) is 0.857. The molecule has 2 aromatic carbocycles. The molecule has 0 spiro atoms. The lowest BCUT2D eigenvalue weighted by Gasteiger charge is -2.24.